The van der Waals surface area contributed by atoms with Gasteiger partial charge in [0.2, 0.25) is 0 Å². The Morgan fingerprint density at radius 1 is 0.806 bits per heavy atom. The highest BCUT2D eigenvalue weighted by molar-refractivity contribution is 6.07. The molecule has 1 saturated heterocycles. The van der Waals surface area contributed by atoms with Crippen molar-refractivity contribution in [3.8, 4) is 0 Å². The molecule has 0 unspecified atom stereocenters. The molecule has 7 nitrogen and oxygen atoms in total. The van der Waals surface area contributed by atoms with Crippen molar-refractivity contribution in [3.63, 3.8) is 0 Å². The third-order valence-electron chi connectivity index (χ3n) is 6.38. The van der Waals surface area contributed by atoms with Gasteiger partial charge in [-0.3, -0.25) is 14.5 Å². The summed E-state index contributed by atoms with van der Waals surface area (Å²) >= 11 is 0. The third kappa shape index (κ3) is 6.71. The van der Waals surface area contributed by atoms with Crippen molar-refractivity contribution in [1.82, 2.24) is 4.90 Å². The van der Waals surface area contributed by atoms with Gasteiger partial charge in [-0.1, -0.05) is 38.1 Å². The monoisotopic (exact) mass is 486 g/mol. The van der Waals surface area contributed by atoms with Gasteiger partial charge in [-0.05, 0) is 67.2 Å². The molecule has 1 heterocycles. The lowest BCUT2D eigenvalue weighted by molar-refractivity contribution is 0.101. The number of carbonyl (C=O) groups is 2. The number of anilines is 3. The summed E-state index contributed by atoms with van der Waals surface area (Å²) in [5.74, 6) is -0.439. The van der Waals surface area contributed by atoms with E-state index >= 15 is 0 Å². The van der Waals surface area contributed by atoms with Gasteiger partial charge in [-0.15, -0.1) is 0 Å². The van der Waals surface area contributed by atoms with Crippen LogP contribution in [0, 0.1) is 0 Å². The van der Waals surface area contributed by atoms with Gasteiger partial charge in [-0.25, -0.2) is 0 Å². The van der Waals surface area contributed by atoms with E-state index in [-0.39, 0.29) is 11.8 Å². The smallest absolute Gasteiger partial charge is 0.255 e. The minimum Gasteiger partial charge on any atom is -0.378 e. The summed E-state index contributed by atoms with van der Waals surface area (Å²) in [5, 5.41) is 5.87. The lowest BCUT2D eigenvalue weighted by Crippen LogP contribution is -2.36. The standard InChI is InChI=1S/C29H34N4O3/c1-3-32(4-2)21-22-11-13-23(14-12-22)28(34)30-25-8-5-7-24(19-25)29(35)31-26-9-6-10-27(20-26)33-15-17-36-18-16-33/h5-14,19-20H,3-4,15-18,21H2,1-2H3,(H,30,34)(H,31,35). The van der Waals surface area contributed by atoms with E-state index in [0.717, 1.165) is 44.1 Å². The molecule has 1 fully saturated rings. The summed E-state index contributed by atoms with van der Waals surface area (Å²) in [6.45, 7) is 10.2. The molecule has 0 atom stereocenters. The number of rotatable bonds is 9. The molecule has 0 saturated carbocycles. The summed E-state index contributed by atoms with van der Waals surface area (Å²) < 4.78 is 5.42. The summed E-state index contributed by atoms with van der Waals surface area (Å²) in [6, 6.07) is 22.4. The zero-order valence-corrected chi connectivity index (χ0v) is 21.0. The Morgan fingerprint density at radius 2 is 1.42 bits per heavy atom. The molecule has 0 spiro atoms. The first-order chi connectivity index (χ1) is 17.6. The van der Waals surface area contributed by atoms with Crippen LogP contribution in [-0.2, 0) is 11.3 Å². The minimum absolute atomic E-state index is 0.208. The normalized spacial score (nSPS) is 13.5. The largest absolute Gasteiger partial charge is 0.378 e. The van der Waals surface area contributed by atoms with Crippen LogP contribution in [-0.4, -0.2) is 56.1 Å². The van der Waals surface area contributed by atoms with Gasteiger partial charge in [0.15, 0.2) is 0 Å². The highest BCUT2D eigenvalue weighted by Crippen LogP contribution is 2.22. The third-order valence-corrected chi connectivity index (χ3v) is 6.38. The maximum Gasteiger partial charge on any atom is 0.255 e. The Bertz CT molecular complexity index is 1170. The summed E-state index contributed by atoms with van der Waals surface area (Å²) in [4.78, 5) is 30.3. The fraction of sp³-hybridized carbons (Fsp3) is 0.310. The first-order valence-electron chi connectivity index (χ1n) is 12.5. The van der Waals surface area contributed by atoms with E-state index in [9.17, 15) is 9.59 Å². The molecule has 1 aliphatic rings. The van der Waals surface area contributed by atoms with Crippen LogP contribution in [0.5, 0.6) is 0 Å². The van der Waals surface area contributed by atoms with E-state index < -0.39 is 0 Å². The summed E-state index contributed by atoms with van der Waals surface area (Å²) in [7, 11) is 0. The second kappa shape index (κ2) is 12.3. The van der Waals surface area contributed by atoms with Gasteiger partial charge in [-0.2, -0.15) is 0 Å². The number of nitrogens with one attached hydrogen (secondary N) is 2. The predicted molar refractivity (Wildman–Crippen MR) is 145 cm³/mol. The summed E-state index contributed by atoms with van der Waals surface area (Å²) in [5.41, 5.74) is 4.57. The number of hydrogen-bond acceptors (Lipinski definition) is 5. The molecule has 2 N–H and O–H groups in total. The topological polar surface area (TPSA) is 73.9 Å². The second-order valence-electron chi connectivity index (χ2n) is 8.80. The maximum atomic E-state index is 12.9. The van der Waals surface area contributed by atoms with Gasteiger partial charge in [0.1, 0.15) is 0 Å². The van der Waals surface area contributed by atoms with Crippen LogP contribution in [0.1, 0.15) is 40.1 Å². The SMILES string of the molecule is CCN(CC)Cc1ccc(C(=O)Nc2cccc(C(=O)Nc3cccc(N4CCOCC4)c3)c2)cc1. The number of amides is 2. The number of nitrogens with zero attached hydrogens (tertiary/aromatic N) is 2. The van der Waals surface area contributed by atoms with Crippen LogP contribution >= 0.6 is 0 Å². The van der Waals surface area contributed by atoms with Crippen molar-refractivity contribution < 1.29 is 14.3 Å². The second-order valence-corrected chi connectivity index (χ2v) is 8.80. The molecule has 2 amide bonds. The average Bonchev–Trinajstić information content (AvgIpc) is 2.93. The number of ether oxygens (including phenoxy) is 1. The minimum atomic E-state index is -0.231. The van der Waals surface area contributed by atoms with Gasteiger partial charge in [0, 0.05) is 47.8 Å². The van der Waals surface area contributed by atoms with Crippen molar-refractivity contribution in [2.45, 2.75) is 20.4 Å². The molecular weight excluding hydrogens is 452 g/mol. The Labute approximate surface area is 213 Å². The van der Waals surface area contributed by atoms with Gasteiger partial charge >= 0.3 is 0 Å². The molecule has 3 aromatic rings. The van der Waals surface area contributed by atoms with Crippen molar-refractivity contribution in [2.24, 2.45) is 0 Å². The van der Waals surface area contributed by atoms with E-state index in [4.69, 9.17) is 4.74 Å². The quantitative estimate of drug-likeness (QED) is 0.451. The maximum absolute atomic E-state index is 12.9. The molecule has 0 aliphatic carbocycles. The molecule has 4 rings (SSSR count). The molecule has 1 aliphatic heterocycles. The molecule has 3 aromatic carbocycles. The molecular formula is C29H34N4O3. The van der Waals surface area contributed by atoms with E-state index in [1.54, 1.807) is 24.3 Å². The van der Waals surface area contributed by atoms with Crippen LogP contribution in [0.25, 0.3) is 0 Å². The number of hydrogen-bond donors (Lipinski definition) is 2. The van der Waals surface area contributed by atoms with Crippen LogP contribution in [0.15, 0.2) is 72.8 Å². The van der Waals surface area contributed by atoms with Crippen LogP contribution < -0.4 is 15.5 Å². The number of carbonyl (C=O) groups excluding carboxylic acids is 2. The van der Waals surface area contributed by atoms with Crippen molar-refractivity contribution >= 4 is 28.9 Å². The van der Waals surface area contributed by atoms with Crippen LogP contribution in [0.2, 0.25) is 0 Å². The van der Waals surface area contributed by atoms with E-state index in [1.165, 1.54) is 5.56 Å². The molecule has 0 aromatic heterocycles. The Morgan fingerprint density at radius 3 is 2.08 bits per heavy atom. The molecule has 0 radical (unpaired) electrons. The number of benzene rings is 3. The average molecular weight is 487 g/mol. The Balaban J connectivity index is 1.38. The van der Waals surface area contributed by atoms with E-state index in [1.807, 2.05) is 48.5 Å². The van der Waals surface area contributed by atoms with E-state index in [2.05, 4.69) is 34.3 Å². The van der Waals surface area contributed by atoms with Gasteiger partial charge in [0.25, 0.3) is 11.8 Å². The zero-order chi connectivity index (χ0) is 25.3. The molecule has 7 heteroatoms. The lowest BCUT2D eigenvalue weighted by Gasteiger charge is -2.29. The number of morpholine rings is 1. The fourth-order valence-corrected chi connectivity index (χ4v) is 4.21. The Hall–Kier alpha value is -3.68. The zero-order valence-electron chi connectivity index (χ0n) is 21.0. The predicted octanol–water partition coefficient (Wildman–Crippen LogP) is 4.87. The molecule has 36 heavy (non-hydrogen) atoms. The highest BCUT2D eigenvalue weighted by Gasteiger charge is 2.14. The highest BCUT2D eigenvalue weighted by atomic mass is 16.5. The lowest BCUT2D eigenvalue weighted by atomic mass is 10.1. The van der Waals surface area contributed by atoms with Crippen molar-refractivity contribution in [3.05, 3.63) is 89.5 Å². The van der Waals surface area contributed by atoms with E-state index in [0.29, 0.717) is 30.0 Å². The first kappa shape index (κ1) is 25.4. The fourth-order valence-electron chi connectivity index (χ4n) is 4.21. The van der Waals surface area contributed by atoms with Crippen molar-refractivity contribution in [2.75, 3.05) is 54.9 Å². The summed E-state index contributed by atoms with van der Waals surface area (Å²) in [6.07, 6.45) is 0. The first-order valence-corrected chi connectivity index (χ1v) is 12.5. The Kier molecular flexibility index (Phi) is 8.71. The van der Waals surface area contributed by atoms with Crippen LogP contribution in [0.4, 0.5) is 17.1 Å². The molecule has 188 valence electrons. The van der Waals surface area contributed by atoms with Gasteiger partial charge < -0.3 is 20.3 Å². The molecule has 0 bridgehead atoms. The van der Waals surface area contributed by atoms with Crippen molar-refractivity contribution in [1.29, 1.82) is 0 Å². The van der Waals surface area contributed by atoms with Crippen LogP contribution in [0.3, 0.4) is 0 Å². The van der Waals surface area contributed by atoms with Gasteiger partial charge in [0.05, 0.1) is 13.2 Å².